The molecule has 0 saturated carbocycles. The molecule has 1 atom stereocenters. The predicted molar refractivity (Wildman–Crippen MR) is 62.8 cm³/mol. The van der Waals surface area contributed by atoms with E-state index in [1.54, 1.807) is 12.1 Å². The zero-order valence-electron chi connectivity index (χ0n) is 9.63. The van der Waals surface area contributed by atoms with E-state index in [4.69, 9.17) is 21.4 Å². The molecule has 1 aromatic rings. The van der Waals surface area contributed by atoms with Crippen molar-refractivity contribution in [3.05, 3.63) is 28.8 Å². The highest BCUT2D eigenvalue weighted by Crippen LogP contribution is 2.32. The van der Waals surface area contributed by atoms with Crippen molar-refractivity contribution >= 4 is 11.6 Å². The van der Waals surface area contributed by atoms with E-state index in [9.17, 15) is 4.39 Å². The standard InChI is InChI=1S/C12H16ClFO2/c1-8(2)16-11-5-4-9(6-10(11)13)12(3,14)7-15/h4-6,8,15H,7H2,1-3H3. The lowest BCUT2D eigenvalue weighted by atomic mass is 9.99. The first-order valence-corrected chi connectivity index (χ1v) is 5.51. The van der Waals surface area contributed by atoms with Crippen molar-refractivity contribution in [2.75, 3.05) is 6.61 Å². The third-order valence-electron chi connectivity index (χ3n) is 2.19. The van der Waals surface area contributed by atoms with Gasteiger partial charge in [-0.15, -0.1) is 0 Å². The highest BCUT2D eigenvalue weighted by Gasteiger charge is 2.25. The molecular weight excluding hydrogens is 231 g/mol. The average molecular weight is 247 g/mol. The zero-order valence-corrected chi connectivity index (χ0v) is 10.4. The minimum atomic E-state index is -1.78. The van der Waals surface area contributed by atoms with Crippen molar-refractivity contribution in [3.8, 4) is 5.75 Å². The number of hydrogen-bond donors (Lipinski definition) is 1. The third kappa shape index (κ3) is 3.09. The lowest BCUT2D eigenvalue weighted by molar-refractivity contribution is 0.0867. The number of aliphatic hydroxyl groups excluding tert-OH is 1. The number of hydrogen-bond acceptors (Lipinski definition) is 2. The van der Waals surface area contributed by atoms with Gasteiger partial charge in [-0.1, -0.05) is 17.7 Å². The van der Waals surface area contributed by atoms with Crippen LogP contribution in [0.15, 0.2) is 18.2 Å². The second kappa shape index (κ2) is 5.02. The Morgan fingerprint density at radius 3 is 2.56 bits per heavy atom. The van der Waals surface area contributed by atoms with E-state index in [0.717, 1.165) is 0 Å². The average Bonchev–Trinajstić information content (AvgIpc) is 2.20. The van der Waals surface area contributed by atoms with Crippen LogP contribution in [0.3, 0.4) is 0 Å². The van der Waals surface area contributed by atoms with E-state index in [1.165, 1.54) is 13.0 Å². The molecule has 0 aliphatic heterocycles. The fraction of sp³-hybridized carbons (Fsp3) is 0.500. The Bertz CT molecular complexity index is 364. The first kappa shape index (κ1) is 13.3. The summed E-state index contributed by atoms with van der Waals surface area (Å²) in [4.78, 5) is 0. The first-order chi connectivity index (χ1) is 7.36. The summed E-state index contributed by atoms with van der Waals surface area (Å²) in [7, 11) is 0. The van der Waals surface area contributed by atoms with Gasteiger partial charge in [0.1, 0.15) is 5.75 Å². The molecule has 1 unspecified atom stereocenters. The zero-order chi connectivity index (χ0) is 12.3. The van der Waals surface area contributed by atoms with Crippen molar-refractivity contribution in [2.45, 2.75) is 32.5 Å². The van der Waals surface area contributed by atoms with E-state index in [0.29, 0.717) is 16.3 Å². The van der Waals surface area contributed by atoms with E-state index in [-0.39, 0.29) is 6.10 Å². The van der Waals surface area contributed by atoms with Crippen LogP contribution in [-0.4, -0.2) is 17.8 Å². The number of ether oxygens (including phenoxy) is 1. The van der Waals surface area contributed by atoms with Gasteiger partial charge in [-0.25, -0.2) is 4.39 Å². The van der Waals surface area contributed by atoms with Gasteiger partial charge < -0.3 is 9.84 Å². The van der Waals surface area contributed by atoms with Gasteiger partial charge in [-0.3, -0.25) is 0 Å². The van der Waals surface area contributed by atoms with Crippen LogP contribution in [0.5, 0.6) is 5.75 Å². The van der Waals surface area contributed by atoms with Crippen LogP contribution in [0.25, 0.3) is 0 Å². The van der Waals surface area contributed by atoms with E-state index in [2.05, 4.69) is 0 Å². The smallest absolute Gasteiger partial charge is 0.156 e. The van der Waals surface area contributed by atoms with Gasteiger partial charge in [0, 0.05) is 0 Å². The van der Waals surface area contributed by atoms with Crippen molar-refractivity contribution in [1.82, 2.24) is 0 Å². The molecule has 0 radical (unpaired) electrons. The Kier molecular flexibility index (Phi) is 4.16. The number of benzene rings is 1. The van der Waals surface area contributed by atoms with Crippen molar-refractivity contribution in [1.29, 1.82) is 0 Å². The Labute approximate surface area is 100.0 Å². The summed E-state index contributed by atoms with van der Waals surface area (Å²) in [5, 5.41) is 9.25. The molecule has 0 heterocycles. The molecule has 0 aliphatic rings. The van der Waals surface area contributed by atoms with Gasteiger partial charge in [-0.05, 0) is 38.5 Å². The SMILES string of the molecule is CC(C)Oc1ccc(C(C)(F)CO)cc1Cl. The molecule has 0 saturated heterocycles. The Hall–Kier alpha value is -0.800. The summed E-state index contributed by atoms with van der Waals surface area (Å²) in [6.07, 6.45) is 0.0120. The maximum atomic E-state index is 13.8. The van der Waals surface area contributed by atoms with Gasteiger partial charge in [0.15, 0.2) is 5.67 Å². The Morgan fingerprint density at radius 2 is 2.12 bits per heavy atom. The quantitative estimate of drug-likeness (QED) is 0.883. The molecule has 16 heavy (non-hydrogen) atoms. The fourth-order valence-corrected chi connectivity index (χ4v) is 1.49. The van der Waals surface area contributed by atoms with E-state index in [1.807, 2.05) is 13.8 Å². The molecule has 0 aromatic heterocycles. The normalized spacial score (nSPS) is 14.9. The van der Waals surface area contributed by atoms with Crippen LogP contribution in [0.1, 0.15) is 26.3 Å². The van der Waals surface area contributed by atoms with Crippen molar-refractivity contribution in [3.63, 3.8) is 0 Å². The van der Waals surface area contributed by atoms with Crippen molar-refractivity contribution in [2.24, 2.45) is 0 Å². The molecular formula is C12H16ClFO2. The van der Waals surface area contributed by atoms with Gasteiger partial charge >= 0.3 is 0 Å². The lowest BCUT2D eigenvalue weighted by Crippen LogP contribution is -2.20. The molecule has 2 nitrogen and oxygen atoms in total. The largest absolute Gasteiger partial charge is 0.489 e. The highest BCUT2D eigenvalue weighted by molar-refractivity contribution is 6.32. The molecule has 0 spiro atoms. The maximum absolute atomic E-state index is 13.8. The maximum Gasteiger partial charge on any atom is 0.156 e. The molecule has 4 heteroatoms. The van der Waals surface area contributed by atoms with Gasteiger partial charge in [0.25, 0.3) is 0 Å². The number of alkyl halides is 1. The molecule has 0 bridgehead atoms. The van der Waals surface area contributed by atoms with Crippen LogP contribution in [0, 0.1) is 0 Å². The van der Waals surface area contributed by atoms with Gasteiger partial charge in [-0.2, -0.15) is 0 Å². The Balaban J connectivity index is 2.99. The number of halogens is 2. The Morgan fingerprint density at radius 1 is 1.50 bits per heavy atom. The molecule has 90 valence electrons. The molecule has 0 fully saturated rings. The second-order valence-corrected chi connectivity index (χ2v) is 4.57. The summed E-state index contributed by atoms with van der Waals surface area (Å²) in [6.45, 7) is 4.50. The predicted octanol–water partition coefficient (Wildman–Crippen LogP) is 3.30. The molecule has 1 rings (SSSR count). The van der Waals surface area contributed by atoms with Gasteiger partial charge in [0.05, 0.1) is 17.7 Å². The fourth-order valence-electron chi connectivity index (χ4n) is 1.27. The first-order valence-electron chi connectivity index (χ1n) is 5.13. The van der Waals surface area contributed by atoms with Crippen LogP contribution < -0.4 is 4.74 Å². The van der Waals surface area contributed by atoms with Gasteiger partial charge in [0.2, 0.25) is 0 Å². The minimum Gasteiger partial charge on any atom is -0.489 e. The van der Waals surface area contributed by atoms with E-state index < -0.39 is 12.3 Å². The summed E-state index contributed by atoms with van der Waals surface area (Å²) in [5.41, 5.74) is -1.43. The second-order valence-electron chi connectivity index (χ2n) is 4.17. The molecule has 1 N–H and O–H groups in total. The minimum absolute atomic E-state index is 0.0120. The van der Waals surface area contributed by atoms with E-state index >= 15 is 0 Å². The number of rotatable bonds is 4. The molecule has 1 aromatic carbocycles. The van der Waals surface area contributed by atoms with Crippen molar-refractivity contribution < 1.29 is 14.2 Å². The molecule has 0 aliphatic carbocycles. The van der Waals surface area contributed by atoms with Crippen LogP contribution in [0.2, 0.25) is 5.02 Å². The lowest BCUT2D eigenvalue weighted by Gasteiger charge is -2.19. The summed E-state index contributed by atoms with van der Waals surface area (Å²) in [5.74, 6) is 0.522. The van der Waals surface area contributed by atoms with Crippen LogP contribution in [0.4, 0.5) is 4.39 Å². The summed E-state index contributed by atoms with van der Waals surface area (Å²) in [6, 6.07) is 4.67. The topological polar surface area (TPSA) is 29.5 Å². The monoisotopic (exact) mass is 246 g/mol. The van der Waals surface area contributed by atoms with Crippen LogP contribution >= 0.6 is 11.6 Å². The molecule has 0 amide bonds. The van der Waals surface area contributed by atoms with Crippen LogP contribution in [-0.2, 0) is 5.67 Å². The number of aliphatic hydroxyl groups is 1. The highest BCUT2D eigenvalue weighted by atomic mass is 35.5. The summed E-state index contributed by atoms with van der Waals surface area (Å²) >= 11 is 5.96. The summed E-state index contributed by atoms with van der Waals surface area (Å²) < 4.78 is 19.2. The third-order valence-corrected chi connectivity index (χ3v) is 2.49.